The Kier molecular flexibility index (Phi) is 4.85. The minimum atomic E-state index is -3.31. The highest BCUT2D eigenvalue weighted by Crippen LogP contribution is 2.20. The number of hydrogen-bond donors (Lipinski definition) is 1. The van der Waals surface area contributed by atoms with E-state index in [0.29, 0.717) is 18.8 Å². The summed E-state index contributed by atoms with van der Waals surface area (Å²) in [5, 5.41) is 2.74. The smallest absolute Gasteiger partial charge is 0.229 e. The number of anilines is 1. The minimum absolute atomic E-state index is 0.0310. The van der Waals surface area contributed by atoms with Gasteiger partial charge in [-0.25, -0.2) is 8.42 Å². The number of likely N-dealkylation sites (tertiary alicyclic amines) is 1. The molecule has 7 heteroatoms. The van der Waals surface area contributed by atoms with Crippen LogP contribution in [0.15, 0.2) is 29.2 Å². The van der Waals surface area contributed by atoms with E-state index >= 15 is 0 Å². The van der Waals surface area contributed by atoms with Gasteiger partial charge in [0.2, 0.25) is 11.8 Å². The Labute approximate surface area is 130 Å². The van der Waals surface area contributed by atoms with Crippen molar-refractivity contribution in [2.45, 2.75) is 24.7 Å². The molecule has 1 saturated heterocycles. The molecule has 0 aliphatic carbocycles. The van der Waals surface area contributed by atoms with Gasteiger partial charge < -0.3 is 10.2 Å². The molecule has 1 heterocycles. The highest BCUT2D eigenvalue weighted by molar-refractivity contribution is 7.90. The molecule has 1 aliphatic rings. The highest BCUT2D eigenvalue weighted by Gasteiger charge is 2.27. The van der Waals surface area contributed by atoms with Crippen molar-refractivity contribution in [1.82, 2.24) is 4.90 Å². The molecule has 0 spiro atoms. The number of sulfone groups is 1. The molecule has 0 bridgehead atoms. The summed E-state index contributed by atoms with van der Waals surface area (Å²) in [5.74, 6) is -0.479. The van der Waals surface area contributed by atoms with Crippen molar-refractivity contribution in [2.24, 2.45) is 5.92 Å². The third-order valence-corrected chi connectivity index (χ3v) is 4.88. The lowest BCUT2D eigenvalue weighted by atomic mass is 9.97. The molecule has 0 saturated carbocycles. The number of rotatable bonds is 3. The molecular weight excluding hydrogens is 304 g/mol. The van der Waals surface area contributed by atoms with E-state index < -0.39 is 9.84 Å². The second kappa shape index (κ2) is 6.48. The van der Waals surface area contributed by atoms with Crippen molar-refractivity contribution in [1.29, 1.82) is 0 Å². The number of carbonyl (C=O) groups excluding carboxylic acids is 2. The van der Waals surface area contributed by atoms with Gasteiger partial charge in [0, 0.05) is 32.0 Å². The highest BCUT2D eigenvalue weighted by atomic mass is 32.2. The van der Waals surface area contributed by atoms with Gasteiger partial charge >= 0.3 is 0 Å². The predicted molar refractivity (Wildman–Crippen MR) is 83.2 cm³/mol. The van der Waals surface area contributed by atoms with Crippen molar-refractivity contribution >= 4 is 27.3 Å². The number of amides is 2. The Morgan fingerprint density at radius 2 is 2.05 bits per heavy atom. The first-order chi connectivity index (χ1) is 10.3. The molecule has 120 valence electrons. The molecule has 6 nitrogen and oxygen atoms in total. The van der Waals surface area contributed by atoms with Crippen LogP contribution >= 0.6 is 0 Å². The molecule has 1 aliphatic heterocycles. The van der Waals surface area contributed by atoms with E-state index in [1.165, 1.54) is 19.1 Å². The fourth-order valence-corrected chi connectivity index (χ4v) is 3.19. The van der Waals surface area contributed by atoms with Gasteiger partial charge in [-0.2, -0.15) is 0 Å². The largest absolute Gasteiger partial charge is 0.342 e. The monoisotopic (exact) mass is 324 g/mol. The van der Waals surface area contributed by atoms with Crippen molar-refractivity contribution in [3.8, 4) is 0 Å². The Morgan fingerprint density at radius 3 is 2.68 bits per heavy atom. The van der Waals surface area contributed by atoms with Crippen LogP contribution in [0, 0.1) is 5.92 Å². The van der Waals surface area contributed by atoms with Crippen LogP contribution in [0.2, 0.25) is 0 Å². The molecule has 22 heavy (non-hydrogen) atoms. The SMILES string of the molecule is CC(=O)N1CCC[C@H](C(=O)Nc2cccc(S(C)(=O)=O)c2)C1. The Hall–Kier alpha value is -1.89. The lowest BCUT2D eigenvalue weighted by Gasteiger charge is -2.31. The number of benzene rings is 1. The Bertz CT molecular complexity index is 685. The molecule has 0 radical (unpaired) electrons. The lowest BCUT2D eigenvalue weighted by Crippen LogP contribution is -2.42. The topological polar surface area (TPSA) is 83.6 Å². The van der Waals surface area contributed by atoms with Gasteiger partial charge in [0.1, 0.15) is 0 Å². The van der Waals surface area contributed by atoms with E-state index in [1.54, 1.807) is 17.0 Å². The normalized spacial score (nSPS) is 18.8. The first-order valence-electron chi connectivity index (χ1n) is 7.14. The average molecular weight is 324 g/mol. The summed E-state index contributed by atoms with van der Waals surface area (Å²) in [6, 6.07) is 6.18. The van der Waals surface area contributed by atoms with Crippen LogP contribution in [0.25, 0.3) is 0 Å². The van der Waals surface area contributed by atoms with Crippen LogP contribution in [0.4, 0.5) is 5.69 Å². The minimum Gasteiger partial charge on any atom is -0.342 e. The maximum absolute atomic E-state index is 12.3. The third-order valence-electron chi connectivity index (χ3n) is 3.77. The summed E-state index contributed by atoms with van der Waals surface area (Å²) in [6.07, 6.45) is 2.64. The van der Waals surface area contributed by atoms with E-state index in [4.69, 9.17) is 0 Å². The lowest BCUT2D eigenvalue weighted by molar-refractivity contribution is -0.132. The molecule has 2 amide bonds. The van der Waals surface area contributed by atoms with Gasteiger partial charge in [-0.05, 0) is 31.0 Å². The van der Waals surface area contributed by atoms with E-state index in [2.05, 4.69) is 5.32 Å². The number of nitrogens with zero attached hydrogens (tertiary/aromatic N) is 1. The number of hydrogen-bond acceptors (Lipinski definition) is 4. The van der Waals surface area contributed by atoms with Crippen LogP contribution in [0.3, 0.4) is 0 Å². The molecule has 2 rings (SSSR count). The summed E-state index contributed by atoms with van der Waals surface area (Å²) in [7, 11) is -3.31. The van der Waals surface area contributed by atoms with Crippen LogP contribution in [0.5, 0.6) is 0 Å². The van der Waals surface area contributed by atoms with Crippen LogP contribution in [-0.4, -0.2) is 44.5 Å². The summed E-state index contributed by atoms with van der Waals surface area (Å²) >= 11 is 0. The van der Waals surface area contributed by atoms with E-state index in [9.17, 15) is 18.0 Å². The maximum Gasteiger partial charge on any atom is 0.229 e. The zero-order chi connectivity index (χ0) is 16.3. The number of piperidine rings is 1. The third kappa shape index (κ3) is 4.07. The average Bonchev–Trinajstić information content (AvgIpc) is 2.46. The zero-order valence-corrected chi connectivity index (χ0v) is 13.5. The standard InChI is InChI=1S/C15H20N2O4S/c1-11(18)17-8-4-5-12(10-17)15(19)16-13-6-3-7-14(9-13)22(2,20)21/h3,6-7,9,12H,4-5,8,10H2,1-2H3,(H,16,19)/t12-/m0/s1. The van der Waals surface area contributed by atoms with Gasteiger partial charge in [-0.3, -0.25) is 9.59 Å². The molecule has 0 unspecified atom stereocenters. The molecule has 0 aromatic heterocycles. The van der Waals surface area contributed by atoms with Gasteiger partial charge in [0.25, 0.3) is 0 Å². The maximum atomic E-state index is 12.3. The van der Waals surface area contributed by atoms with Crippen molar-refractivity contribution in [3.05, 3.63) is 24.3 Å². The Morgan fingerprint density at radius 1 is 1.32 bits per heavy atom. The second-order valence-corrected chi connectivity index (χ2v) is 7.61. The van der Waals surface area contributed by atoms with E-state index in [0.717, 1.165) is 19.1 Å². The second-order valence-electron chi connectivity index (χ2n) is 5.59. The van der Waals surface area contributed by atoms with Crippen molar-refractivity contribution < 1.29 is 18.0 Å². The molecular formula is C15H20N2O4S. The van der Waals surface area contributed by atoms with Crippen molar-refractivity contribution in [2.75, 3.05) is 24.7 Å². The molecule has 1 aromatic rings. The van der Waals surface area contributed by atoms with Crippen molar-refractivity contribution in [3.63, 3.8) is 0 Å². The number of nitrogens with one attached hydrogen (secondary N) is 1. The summed E-state index contributed by atoms with van der Waals surface area (Å²) in [6.45, 7) is 2.59. The fourth-order valence-electron chi connectivity index (χ4n) is 2.53. The number of carbonyl (C=O) groups is 2. The first-order valence-corrected chi connectivity index (χ1v) is 9.03. The van der Waals surface area contributed by atoms with Gasteiger partial charge in [0.05, 0.1) is 10.8 Å². The van der Waals surface area contributed by atoms with Gasteiger partial charge in [-0.1, -0.05) is 6.07 Å². The van der Waals surface area contributed by atoms with Crippen LogP contribution < -0.4 is 5.32 Å². The predicted octanol–water partition coefficient (Wildman–Crippen LogP) is 1.29. The first kappa shape index (κ1) is 16.5. The van der Waals surface area contributed by atoms with Crippen LogP contribution in [0.1, 0.15) is 19.8 Å². The van der Waals surface area contributed by atoms with Gasteiger partial charge in [-0.15, -0.1) is 0 Å². The zero-order valence-electron chi connectivity index (χ0n) is 12.7. The fraction of sp³-hybridized carbons (Fsp3) is 0.467. The summed E-state index contributed by atoms with van der Waals surface area (Å²) < 4.78 is 23.1. The molecule has 1 fully saturated rings. The van der Waals surface area contributed by atoms with Gasteiger partial charge in [0.15, 0.2) is 9.84 Å². The van der Waals surface area contributed by atoms with E-state index in [1.807, 2.05) is 0 Å². The molecule has 1 aromatic carbocycles. The molecule has 1 atom stereocenters. The quantitative estimate of drug-likeness (QED) is 0.908. The Balaban J connectivity index is 2.07. The van der Waals surface area contributed by atoms with E-state index in [-0.39, 0.29) is 22.6 Å². The molecule has 1 N–H and O–H groups in total. The summed E-state index contributed by atoms with van der Waals surface area (Å²) in [4.78, 5) is 25.5. The summed E-state index contributed by atoms with van der Waals surface area (Å²) in [5.41, 5.74) is 0.452. The van der Waals surface area contributed by atoms with Crippen LogP contribution in [-0.2, 0) is 19.4 Å².